The molecule has 1 fully saturated rings. The Hall–Kier alpha value is -0.470. The number of thioether (sulfide) groups is 1. The highest BCUT2D eigenvalue weighted by atomic mass is 32.2. The first-order valence-corrected chi connectivity index (χ1v) is 7.20. The van der Waals surface area contributed by atoms with Gasteiger partial charge in [-0.3, -0.25) is 4.18 Å². The monoisotopic (exact) mass is 255 g/mol. The summed E-state index contributed by atoms with van der Waals surface area (Å²) in [6.45, 7) is 0. The Morgan fingerprint density at radius 3 is 2.67 bits per heavy atom. The fourth-order valence-electron chi connectivity index (χ4n) is 1.20. The van der Waals surface area contributed by atoms with Crippen molar-refractivity contribution in [1.82, 2.24) is 5.32 Å². The smallest absolute Gasteiger partial charge is 0.407 e. The number of methoxy groups -OCH3 is 1. The number of hydrogen-bond donors (Lipinski definition) is 1. The van der Waals surface area contributed by atoms with Crippen LogP contribution in [0.3, 0.4) is 0 Å². The van der Waals surface area contributed by atoms with Crippen molar-refractivity contribution in [3.8, 4) is 0 Å². The van der Waals surface area contributed by atoms with E-state index in [1.807, 2.05) is 0 Å². The summed E-state index contributed by atoms with van der Waals surface area (Å²) in [5.74, 6) is 1.16. The summed E-state index contributed by atoms with van der Waals surface area (Å²) in [4.78, 5) is 10.9. The third kappa shape index (κ3) is 4.27. The Kier molecular flexibility index (Phi) is 4.23. The summed E-state index contributed by atoms with van der Waals surface area (Å²) in [5.41, 5.74) is 0. The van der Waals surface area contributed by atoms with Crippen LogP contribution in [0, 0.1) is 0 Å². The second-order valence-corrected chi connectivity index (χ2v) is 5.79. The molecule has 0 saturated carbocycles. The molecule has 0 aliphatic carbocycles. The minimum Gasteiger partial charge on any atom is -0.453 e. The minimum atomic E-state index is -3.49. The zero-order valence-electron chi connectivity index (χ0n) is 8.43. The van der Waals surface area contributed by atoms with Gasteiger partial charge in [-0.2, -0.15) is 20.2 Å². The summed E-state index contributed by atoms with van der Waals surface area (Å²) in [6.07, 6.45) is -0.0979. The lowest BCUT2D eigenvalue weighted by atomic mass is 10.2. The van der Waals surface area contributed by atoms with E-state index in [2.05, 4.69) is 10.1 Å². The molecule has 0 aromatic carbocycles. The first kappa shape index (κ1) is 12.6. The molecular formula is C7H13NO5S2. The number of carbonyl (C=O) groups excluding carboxylic acids is 1. The number of rotatable bonds is 3. The van der Waals surface area contributed by atoms with Crippen LogP contribution in [0.2, 0.25) is 0 Å². The van der Waals surface area contributed by atoms with Crippen LogP contribution < -0.4 is 5.32 Å². The van der Waals surface area contributed by atoms with Crippen molar-refractivity contribution in [2.75, 3.05) is 24.9 Å². The summed E-state index contributed by atoms with van der Waals surface area (Å²) in [7, 11) is -2.23. The zero-order valence-corrected chi connectivity index (χ0v) is 10.1. The maximum absolute atomic E-state index is 10.9. The molecule has 0 aromatic rings. The molecule has 0 aromatic heterocycles. The fraction of sp³-hybridized carbons (Fsp3) is 0.857. The van der Waals surface area contributed by atoms with Crippen molar-refractivity contribution in [2.45, 2.75) is 12.1 Å². The van der Waals surface area contributed by atoms with Crippen LogP contribution in [-0.2, 0) is 19.0 Å². The van der Waals surface area contributed by atoms with Gasteiger partial charge in [-0.15, -0.1) is 0 Å². The molecule has 8 heteroatoms. The molecule has 2 unspecified atom stereocenters. The van der Waals surface area contributed by atoms with Crippen LogP contribution in [0.25, 0.3) is 0 Å². The normalized spacial score (nSPS) is 26.3. The largest absolute Gasteiger partial charge is 0.453 e. The van der Waals surface area contributed by atoms with Gasteiger partial charge in [0.25, 0.3) is 10.1 Å². The van der Waals surface area contributed by atoms with Crippen LogP contribution in [0.4, 0.5) is 4.79 Å². The Bertz CT molecular complexity index is 328. The average Bonchev–Trinajstić information content (AvgIpc) is 2.50. The average molecular weight is 255 g/mol. The molecule has 15 heavy (non-hydrogen) atoms. The van der Waals surface area contributed by atoms with E-state index in [-0.39, 0.29) is 6.04 Å². The molecule has 1 aliphatic rings. The maximum Gasteiger partial charge on any atom is 0.407 e. The molecule has 1 aliphatic heterocycles. The lowest BCUT2D eigenvalue weighted by Gasteiger charge is -2.18. The van der Waals surface area contributed by atoms with Crippen LogP contribution in [0.1, 0.15) is 0 Å². The third-order valence-corrected chi connectivity index (χ3v) is 3.57. The van der Waals surface area contributed by atoms with Gasteiger partial charge in [0, 0.05) is 11.5 Å². The number of hydrogen-bond acceptors (Lipinski definition) is 6. The van der Waals surface area contributed by atoms with Gasteiger partial charge >= 0.3 is 6.09 Å². The summed E-state index contributed by atoms with van der Waals surface area (Å²) >= 11 is 1.52. The highest BCUT2D eigenvalue weighted by Gasteiger charge is 2.32. The molecule has 88 valence electrons. The summed E-state index contributed by atoms with van der Waals surface area (Å²) in [5, 5.41) is 2.53. The van der Waals surface area contributed by atoms with Crippen LogP contribution in [0.15, 0.2) is 0 Å². The second kappa shape index (κ2) is 5.04. The first-order valence-electron chi connectivity index (χ1n) is 4.23. The van der Waals surface area contributed by atoms with Gasteiger partial charge in [0.05, 0.1) is 19.4 Å². The number of ether oxygens (including phenoxy) is 1. The first-order chi connectivity index (χ1) is 6.92. The Balaban J connectivity index is 2.53. The number of nitrogens with one attached hydrogen (secondary N) is 1. The van der Waals surface area contributed by atoms with E-state index in [1.165, 1.54) is 18.9 Å². The SMILES string of the molecule is COC(=O)NC1CSCC1OS(C)(=O)=O. The lowest BCUT2D eigenvalue weighted by Crippen LogP contribution is -2.44. The van der Waals surface area contributed by atoms with Crippen molar-refractivity contribution in [3.05, 3.63) is 0 Å². The van der Waals surface area contributed by atoms with E-state index < -0.39 is 22.3 Å². The summed E-state index contributed by atoms with van der Waals surface area (Å²) < 4.78 is 31.1. The third-order valence-electron chi connectivity index (χ3n) is 1.82. The predicted molar refractivity (Wildman–Crippen MR) is 56.4 cm³/mol. The Morgan fingerprint density at radius 1 is 1.47 bits per heavy atom. The fourth-order valence-corrected chi connectivity index (χ4v) is 3.16. The van der Waals surface area contributed by atoms with Crippen LogP contribution in [-0.4, -0.2) is 51.5 Å². The van der Waals surface area contributed by atoms with Gasteiger partial charge in [0.1, 0.15) is 6.10 Å². The van der Waals surface area contributed by atoms with E-state index in [9.17, 15) is 13.2 Å². The molecule has 2 atom stereocenters. The molecule has 1 heterocycles. The van der Waals surface area contributed by atoms with Gasteiger partial charge in [-0.25, -0.2) is 4.79 Å². The molecule has 1 saturated heterocycles. The number of amides is 1. The molecule has 0 radical (unpaired) electrons. The van der Waals surface area contributed by atoms with Crippen LogP contribution in [0.5, 0.6) is 0 Å². The van der Waals surface area contributed by atoms with Crippen molar-refractivity contribution < 1.29 is 22.1 Å². The minimum absolute atomic E-state index is 0.322. The van der Waals surface area contributed by atoms with E-state index in [0.29, 0.717) is 11.5 Å². The Morgan fingerprint density at radius 2 is 2.13 bits per heavy atom. The summed E-state index contributed by atoms with van der Waals surface area (Å²) in [6, 6.07) is -0.322. The van der Waals surface area contributed by atoms with E-state index >= 15 is 0 Å². The number of carbonyl (C=O) groups is 1. The quantitative estimate of drug-likeness (QED) is 0.703. The molecule has 1 amide bonds. The molecule has 1 N–H and O–H groups in total. The second-order valence-electron chi connectivity index (χ2n) is 3.12. The van der Waals surface area contributed by atoms with Gasteiger partial charge in [-0.05, 0) is 0 Å². The molecule has 0 spiro atoms. The van der Waals surface area contributed by atoms with Gasteiger partial charge in [0.15, 0.2) is 0 Å². The highest BCUT2D eigenvalue weighted by molar-refractivity contribution is 7.99. The van der Waals surface area contributed by atoms with E-state index in [0.717, 1.165) is 6.26 Å². The van der Waals surface area contributed by atoms with Crippen molar-refractivity contribution in [2.24, 2.45) is 0 Å². The maximum atomic E-state index is 10.9. The van der Waals surface area contributed by atoms with E-state index in [1.54, 1.807) is 0 Å². The van der Waals surface area contributed by atoms with Gasteiger partial charge in [-0.1, -0.05) is 0 Å². The molecule has 6 nitrogen and oxygen atoms in total. The van der Waals surface area contributed by atoms with Crippen molar-refractivity contribution in [1.29, 1.82) is 0 Å². The van der Waals surface area contributed by atoms with Gasteiger partial charge in [0.2, 0.25) is 0 Å². The van der Waals surface area contributed by atoms with E-state index in [4.69, 9.17) is 4.18 Å². The van der Waals surface area contributed by atoms with Crippen molar-refractivity contribution in [3.63, 3.8) is 0 Å². The molecular weight excluding hydrogens is 242 g/mol. The highest BCUT2D eigenvalue weighted by Crippen LogP contribution is 2.22. The lowest BCUT2D eigenvalue weighted by molar-refractivity contribution is 0.150. The van der Waals surface area contributed by atoms with Gasteiger partial charge < -0.3 is 10.1 Å². The molecule has 1 rings (SSSR count). The number of alkyl carbamates (subject to hydrolysis) is 1. The zero-order chi connectivity index (χ0) is 11.5. The topological polar surface area (TPSA) is 81.7 Å². The van der Waals surface area contributed by atoms with Crippen molar-refractivity contribution >= 4 is 28.0 Å². The predicted octanol–water partition coefficient (Wildman–Crippen LogP) is -0.197. The Labute approximate surface area is 92.8 Å². The molecule has 0 bridgehead atoms. The van der Waals surface area contributed by atoms with Crippen LogP contribution >= 0.6 is 11.8 Å². The standard InChI is InChI=1S/C7H13NO5S2/c1-12-7(9)8-5-3-14-4-6(5)13-15(2,10)11/h5-6H,3-4H2,1-2H3,(H,8,9).